The van der Waals surface area contributed by atoms with Crippen molar-refractivity contribution in [1.29, 1.82) is 0 Å². The second-order valence-corrected chi connectivity index (χ2v) is 6.63. The molecule has 0 saturated heterocycles. The zero-order valence-corrected chi connectivity index (χ0v) is 16.2. The number of aryl methyl sites for hydroxylation is 2. The second-order valence-electron chi connectivity index (χ2n) is 6.63. The zero-order chi connectivity index (χ0) is 19.7. The Kier molecular flexibility index (Phi) is 4.69. The van der Waals surface area contributed by atoms with Gasteiger partial charge in [0.2, 0.25) is 0 Å². The number of hydrogen-bond donors (Lipinski definition) is 1. The molecule has 0 spiro atoms. The van der Waals surface area contributed by atoms with E-state index in [0.29, 0.717) is 24.5 Å². The Morgan fingerprint density at radius 3 is 2.61 bits per heavy atom. The number of amides is 1. The highest BCUT2D eigenvalue weighted by Crippen LogP contribution is 2.27. The van der Waals surface area contributed by atoms with Gasteiger partial charge in [0.15, 0.2) is 11.5 Å². The first-order valence-corrected chi connectivity index (χ1v) is 9.41. The molecule has 0 atom stereocenters. The lowest BCUT2D eigenvalue weighted by molar-refractivity contribution is 0.102. The van der Waals surface area contributed by atoms with Crippen LogP contribution in [0.5, 0.6) is 5.75 Å². The van der Waals surface area contributed by atoms with Crippen LogP contribution in [-0.2, 0) is 6.54 Å². The summed E-state index contributed by atoms with van der Waals surface area (Å²) in [5, 5.41) is 9.34. The molecule has 2 aromatic heterocycles. The van der Waals surface area contributed by atoms with Gasteiger partial charge in [0, 0.05) is 17.5 Å². The third-order valence-electron chi connectivity index (χ3n) is 4.63. The maximum absolute atomic E-state index is 12.7. The van der Waals surface area contributed by atoms with Crippen molar-refractivity contribution in [3.63, 3.8) is 0 Å². The van der Waals surface area contributed by atoms with Crippen LogP contribution < -0.4 is 10.1 Å². The van der Waals surface area contributed by atoms with E-state index in [1.54, 1.807) is 24.3 Å². The Morgan fingerprint density at radius 1 is 1.11 bits per heavy atom. The molecule has 2 heterocycles. The summed E-state index contributed by atoms with van der Waals surface area (Å²) in [5.74, 6) is 1.05. The molecule has 0 radical (unpaired) electrons. The third-order valence-corrected chi connectivity index (χ3v) is 4.63. The Hall–Kier alpha value is -3.41. The Bertz CT molecular complexity index is 1160. The summed E-state index contributed by atoms with van der Waals surface area (Å²) in [7, 11) is 0. The van der Waals surface area contributed by atoms with Gasteiger partial charge in [-0.3, -0.25) is 4.79 Å². The summed E-state index contributed by atoms with van der Waals surface area (Å²) < 4.78 is 7.24. The summed E-state index contributed by atoms with van der Waals surface area (Å²) in [6.45, 7) is 7.23. The normalized spacial score (nSPS) is 11.1. The smallest absolute Gasteiger partial charge is 0.256 e. The number of ether oxygens (including phenoxy) is 1. The van der Waals surface area contributed by atoms with Crippen LogP contribution in [0.25, 0.3) is 21.9 Å². The molecule has 1 amide bonds. The van der Waals surface area contributed by atoms with E-state index in [4.69, 9.17) is 9.72 Å². The molecular weight excluding hydrogens is 352 g/mol. The predicted octanol–water partition coefficient (Wildman–Crippen LogP) is 4.56. The first kappa shape index (κ1) is 18.0. The number of benzene rings is 2. The zero-order valence-electron chi connectivity index (χ0n) is 16.2. The van der Waals surface area contributed by atoms with Gasteiger partial charge in [0.05, 0.1) is 17.5 Å². The molecule has 4 rings (SSSR count). The van der Waals surface area contributed by atoms with Gasteiger partial charge in [-0.1, -0.05) is 12.1 Å². The number of carbonyl (C=O) groups excluding carboxylic acids is 1. The van der Waals surface area contributed by atoms with Crippen LogP contribution in [0.1, 0.15) is 29.8 Å². The number of nitrogens with zero attached hydrogens (tertiary/aromatic N) is 3. The monoisotopic (exact) mass is 374 g/mol. The minimum atomic E-state index is -0.213. The number of rotatable bonds is 5. The highest BCUT2D eigenvalue weighted by atomic mass is 16.5. The number of hydrogen-bond acceptors (Lipinski definition) is 4. The number of carbonyl (C=O) groups is 1. The fourth-order valence-corrected chi connectivity index (χ4v) is 3.22. The van der Waals surface area contributed by atoms with Crippen LogP contribution >= 0.6 is 0 Å². The average Bonchev–Trinajstić information content (AvgIpc) is 3.03. The van der Waals surface area contributed by atoms with Crippen molar-refractivity contribution in [1.82, 2.24) is 14.8 Å². The third kappa shape index (κ3) is 3.29. The molecule has 6 heteroatoms. The highest BCUT2D eigenvalue weighted by molar-refractivity contribution is 6.08. The van der Waals surface area contributed by atoms with Crippen LogP contribution in [0.15, 0.2) is 48.5 Å². The minimum Gasteiger partial charge on any atom is -0.494 e. The Labute approximate surface area is 163 Å². The molecule has 6 nitrogen and oxygen atoms in total. The molecule has 0 aliphatic heterocycles. The van der Waals surface area contributed by atoms with Crippen molar-refractivity contribution in [2.45, 2.75) is 27.3 Å². The van der Waals surface area contributed by atoms with E-state index in [1.165, 1.54) is 0 Å². The molecule has 28 heavy (non-hydrogen) atoms. The van der Waals surface area contributed by atoms with E-state index < -0.39 is 0 Å². The highest BCUT2D eigenvalue weighted by Gasteiger charge is 2.16. The van der Waals surface area contributed by atoms with Crippen LogP contribution in [-0.4, -0.2) is 27.3 Å². The lowest BCUT2D eigenvalue weighted by atomic mass is 10.1. The van der Waals surface area contributed by atoms with E-state index in [-0.39, 0.29) is 5.91 Å². The maximum atomic E-state index is 12.7. The van der Waals surface area contributed by atoms with E-state index in [2.05, 4.69) is 22.5 Å². The quantitative estimate of drug-likeness (QED) is 0.556. The van der Waals surface area contributed by atoms with Gasteiger partial charge in [0.25, 0.3) is 5.91 Å². The summed E-state index contributed by atoms with van der Waals surface area (Å²) in [5.41, 5.74) is 3.40. The predicted molar refractivity (Wildman–Crippen MR) is 111 cm³/mol. The molecule has 0 unspecified atom stereocenters. The van der Waals surface area contributed by atoms with Crippen molar-refractivity contribution in [2.75, 3.05) is 11.9 Å². The van der Waals surface area contributed by atoms with Gasteiger partial charge in [-0.05, 0) is 62.7 Å². The number of aromatic nitrogens is 3. The minimum absolute atomic E-state index is 0.213. The number of fused-ring (bicyclic) bond motifs is 2. The van der Waals surface area contributed by atoms with Crippen LogP contribution in [0.2, 0.25) is 0 Å². The number of nitrogens with one attached hydrogen (secondary N) is 1. The van der Waals surface area contributed by atoms with E-state index in [9.17, 15) is 4.79 Å². The molecule has 0 fully saturated rings. The molecular formula is C22H22N4O2. The molecule has 2 aromatic carbocycles. The standard InChI is InChI=1S/C22H22N4O2/c1-4-26-21-18(13-16-7-6-14(3)12-19(16)23-21)20(25-26)24-22(27)15-8-10-17(11-9-15)28-5-2/h6-13H,4-5H2,1-3H3,(H,24,25,27). The van der Waals surface area contributed by atoms with Gasteiger partial charge < -0.3 is 10.1 Å². The summed E-state index contributed by atoms with van der Waals surface area (Å²) >= 11 is 0. The van der Waals surface area contributed by atoms with Crippen LogP contribution in [0.3, 0.4) is 0 Å². The second kappa shape index (κ2) is 7.31. The average molecular weight is 374 g/mol. The summed E-state index contributed by atoms with van der Waals surface area (Å²) in [6.07, 6.45) is 0. The van der Waals surface area contributed by atoms with Gasteiger partial charge in [-0.2, -0.15) is 5.10 Å². The lowest BCUT2D eigenvalue weighted by Gasteiger charge is -2.05. The Morgan fingerprint density at radius 2 is 1.89 bits per heavy atom. The number of pyridine rings is 1. The molecule has 142 valence electrons. The van der Waals surface area contributed by atoms with Crippen molar-refractivity contribution in [3.05, 3.63) is 59.7 Å². The van der Waals surface area contributed by atoms with Crippen molar-refractivity contribution < 1.29 is 9.53 Å². The molecule has 1 N–H and O–H groups in total. The van der Waals surface area contributed by atoms with Gasteiger partial charge in [0.1, 0.15) is 5.75 Å². The lowest BCUT2D eigenvalue weighted by Crippen LogP contribution is -2.12. The van der Waals surface area contributed by atoms with Crippen molar-refractivity contribution in [3.8, 4) is 5.75 Å². The number of anilines is 1. The van der Waals surface area contributed by atoms with Gasteiger partial charge in [-0.25, -0.2) is 9.67 Å². The van der Waals surface area contributed by atoms with Crippen LogP contribution in [0, 0.1) is 6.92 Å². The maximum Gasteiger partial charge on any atom is 0.256 e. The van der Waals surface area contributed by atoms with Crippen LogP contribution in [0.4, 0.5) is 5.82 Å². The van der Waals surface area contributed by atoms with E-state index in [1.807, 2.05) is 37.6 Å². The SMILES string of the molecule is CCOc1ccc(C(=O)Nc2nn(CC)c3nc4cc(C)ccc4cc23)cc1. The first-order chi connectivity index (χ1) is 13.6. The largest absolute Gasteiger partial charge is 0.494 e. The Balaban J connectivity index is 1.71. The molecule has 0 aliphatic carbocycles. The molecule has 4 aromatic rings. The van der Waals surface area contributed by atoms with E-state index >= 15 is 0 Å². The summed E-state index contributed by atoms with van der Waals surface area (Å²) in [6, 6.07) is 15.3. The molecule has 0 aliphatic rings. The fourth-order valence-electron chi connectivity index (χ4n) is 3.22. The van der Waals surface area contributed by atoms with Crippen molar-refractivity contribution >= 4 is 33.7 Å². The van der Waals surface area contributed by atoms with Gasteiger partial charge >= 0.3 is 0 Å². The summed E-state index contributed by atoms with van der Waals surface area (Å²) in [4.78, 5) is 17.5. The topological polar surface area (TPSA) is 69.0 Å². The van der Waals surface area contributed by atoms with Gasteiger partial charge in [-0.15, -0.1) is 0 Å². The molecule has 0 bridgehead atoms. The van der Waals surface area contributed by atoms with Crippen molar-refractivity contribution in [2.24, 2.45) is 0 Å². The molecule has 0 saturated carbocycles. The van der Waals surface area contributed by atoms with E-state index in [0.717, 1.165) is 33.2 Å². The fraction of sp³-hybridized carbons (Fsp3) is 0.227. The first-order valence-electron chi connectivity index (χ1n) is 9.41.